The monoisotopic (exact) mass is 284 g/mol. The minimum atomic E-state index is 0.0194. The van der Waals surface area contributed by atoms with Crippen molar-refractivity contribution >= 4 is 16.7 Å². The molecule has 1 unspecified atom stereocenters. The fraction of sp³-hybridized carbons (Fsp3) is 0.857. The van der Waals surface area contributed by atoms with Gasteiger partial charge in [0.05, 0.1) is 0 Å². The van der Waals surface area contributed by atoms with E-state index in [2.05, 4.69) is 68.3 Å². The summed E-state index contributed by atoms with van der Waals surface area (Å²) in [6.45, 7) is 12.0. The predicted octanol–water partition coefficient (Wildman–Crippen LogP) is 3.22. The molecule has 0 aliphatic heterocycles. The van der Waals surface area contributed by atoms with Crippen molar-refractivity contribution < 1.29 is 0 Å². The Morgan fingerprint density at radius 3 is 2.32 bits per heavy atom. The van der Waals surface area contributed by atoms with Crippen LogP contribution in [-0.4, -0.2) is 40.9 Å². The van der Waals surface area contributed by atoms with Crippen molar-refractivity contribution in [3.05, 3.63) is 5.82 Å². The van der Waals surface area contributed by atoms with Crippen LogP contribution in [0.5, 0.6) is 0 Å². The van der Waals surface area contributed by atoms with Crippen molar-refractivity contribution in [3.63, 3.8) is 0 Å². The molecule has 110 valence electrons. The molecule has 1 heterocycles. The summed E-state index contributed by atoms with van der Waals surface area (Å²) >= 11 is 1.47. The van der Waals surface area contributed by atoms with E-state index in [-0.39, 0.29) is 5.41 Å². The molecule has 1 aromatic heterocycles. The molecule has 0 spiro atoms. The molecule has 0 aromatic carbocycles. The lowest BCUT2D eigenvalue weighted by Gasteiger charge is -2.23. The maximum absolute atomic E-state index is 4.61. The van der Waals surface area contributed by atoms with Gasteiger partial charge in [-0.15, -0.1) is 0 Å². The largest absolute Gasteiger partial charge is 0.356 e. The van der Waals surface area contributed by atoms with Crippen LogP contribution in [0.4, 0.5) is 5.13 Å². The molecule has 5 heteroatoms. The summed E-state index contributed by atoms with van der Waals surface area (Å²) < 4.78 is 4.45. The van der Waals surface area contributed by atoms with Gasteiger partial charge in [-0.1, -0.05) is 34.6 Å². The van der Waals surface area contributed by atoms with E-state index in [0.717, 1.165) is 23.9 Å². The van der Waals surface area contributed by atoms with E-state index in [1.807, 2.05) is 0 Å². The van der Waals surface area contributed by atoms with Crippen LogP contribution in [0.15, 0.2) is 0 Å². The van der Waals surface area contributed by atoms with Gasteiger partial charge in [0.25, 0.3) is 0 Å². The molecule has 1 N–H and O–H groups in total. The summed E-state index contributed by atoms with van der Waals surface area (Å²) in [7, 11) is 4.21. The van der Waals surface area contributed by atoms with Gasteiger partial charge in [-0.3, -0.25) is 0 Å². The number of aromatic nitrogens is 2. The lowest BCUT2D eigenvalue weighted by Crippen LogP contribution is -2.33. The average molecular weight is 284 g/mol. The molecule has 0 radical (unpaired) electrons. The van der Waals surface area contributed by atoms with Crippen molar-refractivity contribution in [1.82, 2.24) is 14.3 Å². The Hall–Kier alpha value is -0.680. The number of nitrogens with one attached hydrogen (secondary N) is 1. The zero-order valence-electron chi connectivity index (χ0n) is 13.3. The highest BCUT2D eigenvalue weighted by molar-refractivity contribution is 7.09. The highest BCUT2D eigenvalue weighted by Crippen LogP contribution is 2.24. The third-order valence-corrected chi connectivity index (χ3v) is 3.41. The van der Waals surface area contributed by atoms with Gasteiger partial charge < -0.3 is 10.2 Å². The molecule has 0 bridgehead atoms. The first-order valence-electron chi connectivity index (χ1n) is 6.94. The third-order valence-electron chi connectivity index (χ3n) is 2.77. The van der Waals surface area contributed by atoms with Crippen molar-refractivity contribution in [3.8, 4) is 0 Å². The summed E-state index contributed by atoms with van der Waals surface area (Å²) in [5, 5.41) is 4.48. The smallest absolute Gasteiger partial charge is 0.202 e. The minimum Gasteiger partial charge on any atom is -0.356 e. The molecule has 0 saturated carbocycles. The lowest BCUT2D eigenvalue weighted by atomic mass is 9.96. The van der Waals surface area contributed by atoms with E-state index in [0.29, 0.717) is 12.0 Å². The van der Waals surface area contributed by atoms with Crippen molar-refractivity contribution in [2.75, 3.05) is 26.0 Å². The van der Waals surface area contributed by atoms with E-state index in [9.17, 15) is 0 Å². The van der Waals surface area contributed by atoms with Crippen molar-refractivity contribution in [2.24, 2.45) is 5.92 Å². The van der Waals surface area contributed by atoms with Crippen LogP contribution in [-0.2, 0) is 5.41 Å². The standard InChI is InChI=1S/C14H28N4S/c1-10(2)8-11(9-18(6)7)15-13-16-12(17-19-13)14(3,4)5/h10-11H,8-9H2,1-7H3,(H,15,16,17). The SMILES string of the molecule is CC(C)CC(CN(C)C)Nc1nc(C(C)(C)C)ns1. The topological polar surface area (TPSA) is 41.0 Å². The first-order chi connectivity index (χ1) is 8.68. The number of likely N-dealkylation sites (N-methyl/N-ethyl adjacent to an activating group) is 1. The maximum atomic E-state index is 4.61. The predicted molar refractivity (Wildman–Crippen MR) is 84.0 cm³/mol. The zero-order valence-corrected chi connectivity index (χ0v) is 14.1. The molecule has 0 aliphatic rings. The Morgan fingerprint density at radius 1 is 1.26 bits per heavy atom. The van der Waals surface area contributed by atoms with Gasteiger partial charge in [0.1, 0.15) is 5.82 Å². The molecule has 1 aromatic rings. The number of hydrogen-bond acceptors (Lipinski definition) is 5. The maximum Gasteiger partial charge on any atom is 0.202 e. The van der Waals surface area contributed by atoms with Gasteiger partial charge in [0.2, 0.25) is 5.13 Å². The van der Waals surface area contributed by atoms with Crippen LogP contribution in [0.25, 0.3) is 0 Å². The first-order valence-corrected chi connectivity index (χ1v) is 7.71. The molecule has 1 atom stereocenters. The van der Waals surface area contributed by atoms with Crippen LogP contribution in [0, 0.1) is 5.92 Å². The van der Waals surface area contributed by atoms with Gasteiger partial charge in [-0.25, -0.2) is 4.98 Å². The molecular weight excluding hydrogens is 256 g/mol. The van der Waals surface area contributed by atoms with Gasteiger partial charge in [-0.05, 0) is 26.4 Å². The second kappa shape index (κ2) is 6.66. The number of hydrogen-bond donors (Lipinski definition) is 1. The molecule has 0 fully saturated rings. The summed E-state index contributed by atoms with van der Waals surface area (Å²) in [5.74, 6) is 1.60. The van der Waals surface area contributed by atoms with Gasteiger partial charge in [-0.2, -0.15) is 4.37 Å². The number of anilines is 1. The molecule has 0 aliphatic carbocycles. The zero-order chi connectivity index (χ0) is 14.6. The molecule has 19 heavy (non-hydrogen) atoms. The van der Waals surface area contributed by atoms with Crippen LogP contribution < -0.4 is 5.32 Å². The third kappa shape index (κ3) is 5.87. The summed E-state index contributed by atoms with van der Waals surface area (Å²) in [6, 6.07) is 0.427. The Balaban J connectivity index is 2.70. The highest BCUT2D eigenvalue weighted by atomic mass is 32.1. The number of rotatable bonds is 6. The van der Waals surface area contributed by atoms with Crippen molar-refractivity contribution in [2.45, 2.75) is 52.5 Å². The van der Waals surface area contributed by atoms with Gasteiger partial charge >= 0.3 is 0 Å². The van der Waals surface area contributed by atoms with Crippen LogP contribution in [0.3, 0.4) is 0 Å². The van der Waals surface area contributed by atoms with Crippen LogP contribution >= 0.6 is 11.5 Å². The molecule has 1 rings (SSSR count). The number of nitrogens with zero attached hydrogens (tertiary/aromatic N) is 3. The van der Waals surface area contributed by atoms with E-state index in [4.69, 9.17) is 0 Å². The highest BCUT2D eigenvalue weighted by Gasteiger charge is 2.21. The Morgan fingerprint density at radius 2 is 1.89 bits per heavy atom. The van der Waals surface area contributed by atoms with E-state index >= 15 is 0 Å². The van der Waals surface area contributed by atoms with E-state index in [1.165, 1.54) is 11.5 Å². The second-order valence-corrected chi connectivity index (χ2v) is 7.66. The molecular formula is C14H28N4S. The summed E-state index contributed by atoms with van der Waals surface area (Å²) in [4.78, 5) is 6.83. The fourth-order valence-electron chi connectivity index (χ4n) is 1.95. The quantitative estimate of drug-likeness (QED) is 0.871. The second-order valence-electron chi connectivity index (χ2n) is 6.91. The van der Waals surface area contributed by atoms with Crippen LogP contribution in [0.1, 0.15) is 46.9 Å². The average Bonchev–Trinajstić information content (AvgIpc) is 2.62. The van der Waals surface area contributed by atoms with Gasteiger partial charge in [0, 0.05) is 29.5 Å². The Kier molecular flexibility index (Phi) is 5.74. The van der Waals surface area contributed by atoms with E-state index in [1.54, 1.807) is 0 Å². The molecule has 0 saturated heterocycles. The van der Waals surface area contributed by atoms with Crippen molar-refractivity contribution in [1.29, 1.82) is 0 Å². The summed E-state index contributed by atoms with van der Waals surface area (Å²) in [6.07, 6.45) is 1.14. The molecule has 4 nitrogen and oxygen atoms in total. The first kappa shape index (κ1) is 16.4. The molecule has 0 amide bonds. The van der Waals surface area contributed by atoms with Crippen LogP contribution in [0.2, 0.25) is 0 Å². The lowest BCUT2D eigenvalue weighted by molar-refractivity contribution is 0.356. The Bertz CT molecular complexity index is 369. The Labute approximate surface area is 121 Å². The van der Waals surface area contributed by atoms with E-state index < -0.39 is 0 Å². The normalized spacial score (nSPS) is 14.2. The fourth-order valence-corrected chi connectivity index (χ4v) is 2.78. The summed E-state index contributed by atoms with van der Waals surface area (Å²) in [5.41, 5.74) is 0.0194. The minimum absolute atomic E-state index is 0.0194. The van der Waals surface area contributed by atoms with Gasteiger partial charge in [0.15, 0.2) is 0 Å².